The first-order valence-electron chi connectivity index (χ1n) is 9.21. The van der Waals surface area contributed by atoms with Crippen LogP contribution in [-0.4, -0.2) is 46.6 Å². The highest BCUT2D eigenvalue weighted by molar-refractivity contribution is 7.90. The van der Waals surface area contributed by atoms with Gasteiger partial charge in [-0.2, -0.15) is 21.6 Å². The predicted molar refractivity (Wildman–Crippen MR) is 118 cm³/mol. The molecule has 0 bridgehead atoms. The first-order valence-corrected chi connectivity index (χ1v) is 12.5. The number of ether oxygens (including phenoxy) is 1. The second kappa shape index (κ2) is 9.02. The molecule has 0 atom stereocenters. The van der Waals surface area contributed by atoms with Crippen molar-refractivity contribution in [2.24, 2.45) is 4.40 Å². The number of anilines is 1. The number of rotatable bonds is 6. The number of alkyl halides is 3. The fraction of sp³-hybridized carbons (Fsp3) is 0.150. The molecular formula is C20H17F3N4O5S2. The molecule has 0 spiro atoms. The van der Waals surface area contributed by atoms with Crippen molar-refractivity contribution in [1.29, 1.82) is 0 Å². The molecule has 1 heterocycles. The van der Waals surface area contributed by atoms with E-state index in [0.717, 1.165) is 12.7 Å². The van der Waals surface area contributed by atoms with Crippen molar-refractivity contribution in [3.8, 4) is 22.4 Å². The molecule has 2 N–H and O–H groups in total. The lowest BCUT2D eigenvalue weighted by Gasteiger charge is -2.15. The number of nitrogen functional groups attached to an aromatic ring is 1. The van der Waals surface area contributed by atoms with Crippen LogP contribution in [0.4, 0.5) is 19.0 Å². The third-order valence-corrected chi connectivity index (χ3v) is 6.83. The highest BCUT2D eigenvalue weighted by Gasteiger charge is 2.36. The second-order valence-electron chi connectivity index (χ2n) is 6.90. The smallest absolute Gasteiger partial charge is 0.451 e. The summed E-state index contributed by atoms with van der Waals surface area (Å²) < 4.78 is 95.6. The molecule has 0 aliphatic carbocycles. The van der Waals surface area contributed by atoms with Gasteiger partial charge in [0.2, 0.25) is 5.82 Å². The van der Waals surface area contributed by atoms with Gasteiger partial charge in [-0.05, 0) is 29.8 Å². The lowest BCUT2D eigenvalue weighted by atomic mass is 9.99. The summed E-state index contributed by atoms with van der Waals surface area (Å²) in [5, 5.41) is 0. The number of aromatic nitrogens is 2. The fourth-order valence-electron chi connectivity index (χ4n) is 2.91. The van der Waals surface area contributed by atoms with Crippen molar-refractivity contribution in [1.82, 2.24) is 9.97 Å². The van der Waals surface area contributed by atoms with E-state index in [0.29, 0.717) is 0 Å². The van der Waals surface area contributed by atoms with Gasteiger partial charge in [-0.3, -0.25) is 0 Å². The zero-order valence-corrected chi connectivity index (χ0v) is 19.2. The molecule has 1 aromatic heterocycles. The zero-order chi connectivity index (χ0) is 25.3. The monoisotopic (exact) mass is 514 g/mol. The largest absolute Gasteiger partial charge is 0.486 e. The van der Waals surface area contributed by atoms with E-state index in [1.165, 1.54) is 55.6 Å². The number of nitrogens with zero attached hydrogens (tertiary/aromatic N) is 3. The molecular weight excluding hydrogens is 497 g/mol. The van der Waals surface area contributed by atoms with Crippen LogP contribution in [0.2, 0.25) is 0 Å². The highest BCUT2D eigenvalue weighted by atomic mass is 32.2. The molecule has 3 aromatic rings. The Kier molecular flexibility index (Phi) is 6.66. The summed E-state index contributed by atoms with van der Waals surface area (Å²) in [5.41, 5.74) is 6.03. The van der Waals surface area contributed by atoms with Gasteiger partial charge in [0.15, 0.2) is 16.2 Å². The molecule has 34 heavy (non-hydrogen) atoms. The van der Waals surface area contributed by atoms with Gasteiger partial charge in [-0.15, -0.1) is 4.40 Å². The van der Waals surface area contributed by atoms with Gasteiger partial charge in [-0.25, -0.2) is 18.4 Å². The number of nitrogens with two attached hydrogens (primary N) is 1. The van der Waals surface area contributed by atoms with Crippen molar-refractivity contribution >= 4 is 32.1 Å². The Hall–Kier alpha value is -3.52. The second-order valence-corrected chi connectivity index (χ2v) is 10.5. The minimum absolute atomic E-state index is 0.00412. The first-order chi connectivity index (χ1) is 15.7. The Labute approximate surface area is 193 Å². The van der Waals surface area contributed by atoms with Gasteiger partial charge in [0.25, 0.3) is 10.0 Å². The number of sulfone groups is 1. The summed E-state index contributed by atoms with van der Waals surface area (Å²) >= 11 is 0. The summed E-state index contributed by atoms with van der Waals surface area (Å²) in [7, 11) is -6.38. The standard InChI is InChI=1S/C20H17F3N4O5S2/c1-32-11-25-34(30,31)15-9-3-12(4-10-15)16-17(26-19(20(21,22)23)27-18(16)24)13-5-7-14(8-6-13)33(2,28)29/h3-11H,1-2H3,(H2,24,26,27). The summed E-state index contributed by atoms with van der Waals surface area (Å²) in [5.74, 6) is -1.98. The lowest BCUT2D eigenvalue weighted by molar-refractivity contribution is -0.144. The molecule has 0 radical (unpaired) electrons. The number of benzene rings is 2. The van der Waals surface area contributed by atoms with E-state index in [4.69, 9.17) is 5.73 Å². The molecule has 2 aromatic carbocycles. The van der Waals surface area contributed by atoms with E-state index in [9.17, 15) is 30.0 Å². The quantitative estimate of drug-likeness (QED) is 0.391. The third-order valence-electron chi connectivity index (χ3n) is 4.47. The Morgan fingerprint density at radius 2 is 1.44 bits per heavy atom. The Morgan fingerprint density at radius 1 is 0.912 bits per heavy atom. The van der Waals surface area contributed by atoms with Crippen molar-refractivity contribution in [2.45, 2.75) is 16.0 Å². The van der Waals surface area contributed by atoms with E-state index in [2.05, 4.69) is 19.1 Å². The molecule has 180 valence electrons. The maximum atomic E-state index is 13.4. The molecule has 0 unspecified atom stereocenters. The molecule has 3 rings (SSSR count). The average Bonchev–Trinajstić information content (AvgIpc) is 2.76. The normalized spacial score (nSPS) is 12.7. The van der Waals surface area contributed by atoms with E-state index in [1.807, 2.05) is 0 Å². The topological polar surface area (TPSA) is 142 Å². The number of hydrogen-bond donors (Lipinski definition) is 1. The van der Waals surface area contributed by atoms with Gasteiger partial charge < -0.3 is 10.5 Å². The van der Waals surface area contributed by atoms with Gasteiger partial charge in [0, 0.05) is 11.8 Å². The zero-order valence-electron chi connectivity index (χ0n) is 17.6. The summed E-state index contributed by atoms with van der Waals surface area (Å²) in [6.07, 6.45) is -3.17. The molecule has 0 amide bonds. The lowest BCUT2D eigenvalue weighted by Crippen LogP contribution is -2.14. The average molecular weight is 515 g/mol. The van der Waals surface area contributed by atoms with Crippen LogP contribution >= 0.6 is 0 Å². The van der Waals surface area contributed by atoms with Crippen molar-refractivity contribution in [3.05, 3.63) is 54.4 Å². The molecule has 0 saturated carbocycles. The number of halogens is 3. The van der Waals surface area contributed by atoms with Crippen LogP contribution in [0, 0.1) is 0 Å². The molecule has 0 aliphatic heterocycles. The predicted octanol–water partition coefficient (Wildman–Crippen LogP) is 3.18. The van der Waals surface area contributed by atoms with Crippen molar-refractivity contribution in [2.75, 3.05) is 19.1 Å². The summed E-state index contributed by atoms with van der Waals surface area (Å²) in [6, 6.07) is 10.0. The molecule has 0 aliphatic rings. The molecule has 0 fully saturated rings. The molecule has 14 heteroatoms. The Balaban J connectivity index is 2.20. The van der Waals surface area contributed by atoms with E-state index in [1.54, 1.807) is 0 Å². The minimum atomic E-state index is -4.90. The maximum absolute atomic E-state index is 13.4. The first kappa shape index (κ1) is 25.1. The van der Waals surface area contributed by atoms with Gasteiger partial charge in [0.05, 0.1) is 28.2 Å². The van der Waals surface area contributed by atoms with Gasteiger partial charge in [-0.1, -0.05) is 24.3 Å². The Bertz CT molecular complexity index is 1450. The molecule has 0 saturated heterocycles. The minimum Gasteiger partial charge on any atom is -0.486 e. The third kappa shape index (κ3) is 5.34. The maximum Gasteiger partial charge on any atom is 0.451 e. The number of sulfonamides is 1. The molecule has 9 nitrogen and oxygen atoms in total. The van der Waals surface area contributed by atoms with Crippen molar-refractivity contribution in [3.63, 3.8) is 0 Å². The van der Waals surface area contributed by atoms with Crippen molar-refractivity contribution < 1.29 is 34.7 Å². The summed E-state index contributed by atoms with van der Waals surface area (Å²) in [6.45, 7) is 0. The Morgan fingerprint density at radius 3 is 1.94 bits per heavy atom. The van der Waals surface area contributed by atoms with E-state index >= 15 is 0 Å². The van der Waals surface area contributed by atoms with Crippen LogP contribution in [0.5, 0.6) is 0 Å². The van der Waals surface area contributed by atoms with Gasteiger partial charge in [0.1, 0.15) is 5.82 Å². The van der Waals surface area contributed by atoms with Crippen LogP contribution in [0.1, 0.15) is 5.82 Å². The van der Waals surface area contributed by atoms with E-state index in [-0.39, 0.29) is 32.2 Å². The number of hydrogen-bond acceptors (Lipinski definition) is 8. The van der Waals surface area contributed by atoms with Crippen LogP contribution in [-0.2, 0) is 30.8 Å². The summed E-state index contributed by atoms with van der Waals surface area (Å²) in [4.78, 5) is 6.76. The van der Waals surface area contributed by atoms with Crippen LogP contribution in [0.3, 0.4) is 0 Å². The fourth-order valence-corrected chi connectivity index (χ4v) is 4.34. The van der Waals surface area contributed by atoms with Crippen LogP contribution < -0.4 is 5.73 Å². The van der Waals surface area contributed by atoms with Gasteiger partial charge >= 0.3 is 6.18 Å². The SMILES string of the molecule is COC=NS(=O)(=O)c1ccc(-c2c(N)nc(C(F)(F)F)nc2-c2ccc(S(C)(=O)=O)cc2)cc1. The van der Waals surface area contributed by atoms with Crippen LogP contribution in [0.15, 0.2) is 62.7 Å². The van der Waals surface area contributed by atoms with E-state index < -0.39 is 37.7 Å². The van der Waals surface area contributed by atoms with Crippen LogP contribution in [0.25, 0.3) is 22.4 Å². The highest BCUT2D eigenvalue weighted by Crippen LogP contribution is 2.38. The number of methoxy groups -OCH3 is 1.